The molecule has 0 spiro atoms. The highest BCUT2D eigenvalue weighted by molar-refractivity contribution is 5.81. The Morgan fingerprint density at radius 3 is 1.81 bits per heavy atom. The lowest BCUT2D eigenvalue weighted by molar-refractivity contribution is -0.148. The molecular weight excluding hydrogens is 540 g/mol. The fourth-order valence-corrected chi connectivity index (χ4v) is 5.82. The lowest BCUT2D eigenvalue weighted by atomic mass is 9.96. The first-order chi connectivity index (χ1) is 20.9. The number of fused-ring (bicyclic) bond motifs is 8. The highest BCUT2D eigenvalue weighted by Gasteiger charge is 2.21. The molecule has 1 atom stereocenters. The van der Waals surface area contributed by atoms with Crippen LogP contribution >= 0.6 is 0 Å². The quantitative estimate of drug-likeness (QED) is 0.0982. The van der Waals surface area contributed by atoms with Crippen molar-refractivity contribution >= 4 is 58.3 Å². The maximum atomic E-state index is 11.7. The number of hydrogen-bond donors (Lipinski definition) is 4. The third-order valence-corrected chi connectivity index (χ3v) is 8.16. The molecule has 8 nitrogen and oxygen atoms in total. The van der Waals surface area contributed by atoms with Gasteiger partial charge in [-0.2, -0.15) is 0 Å². The molecule has 0 aliphatic carbocycles. The van der Waals surface area contributed by atoms with Crippen molar-refractivity contribution in [2.75, 3.05) is 0 Å². The molecule has 1 unspecified atom stereocenters. The summed E-state index contributed by atoms with van der Waals surface area (Å²) in [6.07, 6.45) is 18.1. The lowest BCUT2D eigenvalue weighted by Gasteiger charge is -2.10. The smallest absolute Gasteiger partial charge is 0.307 e. The van der Waals surface area contributed by atoms with E-state index in [0.717, 1.165) is 63.2 Å². The zero-order valence-electron chi connectivity index (χ0n) is 24.7. The molecule has 224 valence electrons. The van der Waals surface area contributed by atoms with Crippen LogP contribution in [0.2, 0.25) is 0 Å². The molecule has 8 heteroatoms. The van der Waals surface area contributed by atoms with E-state index in [2.05, 4.69) is 29.0 Å². The second kappa shape index (κ2) is 14.1. The lowest BCUT2D eigenvalue weighted by Crippen LogP contribution is -2.18. The number of nitrogens with one attached hydrogen (secondary N) is 2. The van der Waals surface area contributed by atoms with Crippen molar-refractivity contribution < 1.29 is 19.8 Å². The monoisotopic (exact) mass is 580 g/mol. The molecule has 3 aromatic heterocycles. The predicted octanol–water partition coefficient (Wildman–Crippen LogP) is 8.06. The van der Waals surface area contributed by atoms with Crippen LogP contribution in [0, 0.1) is 5.92 Å². The normalized spacial score (nSPS) is 13.0. The Kier molecular flexibility index (Phi) is 9.87. The number of carbonyl (C=O) groups is 2. The number of rotatable bonds is 14. The molecule has 8 bridgehead atoms. The van der Waals surface area contributed by atoms with E-state index in [4.69, 9.17) is 9.97 Å². The summed E-state index contributed by atoms with van der Waals surface area (Å²) in [5.41, 5.74) is 9.11. The van der Waals surface area contributed by atoms with Gasteiger partial charge in [-0.15, -0.1) is 0 Å². The summed E-state index contributed by atoms with van der Waals surface area (Å²) in [5.74, 6) is -3.19. The Morgan fingerprint density at radius 1 is 0.721 bits per heavy atom. The summed E-state index contributed by atoms with van der Waals surface area (Å²) in [4.78, 5) is 39.9. The van der Waals surface area contributed by atoms with Gasteiger partial charge < -0.3 is 20.2 Å². The van der Waals surface area contributed by atoms with Crippen molar-refractivity contribution in [3.63, 3.8) is 0 Å². The van der Waals surface area contributed by atoms with Gasteiger partial charge in [0.15, 0.2) is 0 Å². The average Bonchev–Trinajstić information content (AvgIpc) is 3.79. The second-order valence-electron chi connectivity index (χ2n) is 11.5. The molecule has 2 aliphatic heterocycles. The van der Waals surface area contributed by atoms with E-state index in [0.29, 0.717) is 6.42 Å². The highest BCUT2D eigenvalue weighted by atomic mass is 16.4. The van der Waals surface area contributed by atoms with Gasteiger partial charge in [0, 0.05) is 27.6 Å². The van der Waals surface area contributed by atoms with Gasteiger partial charge in [-0.3, -0.25) is 9.59 Å². The van der Waals surface area contributed by atoms with Crippen LogP contribution in [0.1, 0.15) is 98.6 Å². The molecule has 43 heavy (non-hydrogen) atoms. The number of H-pyrrole nitrogens is 2. The summed E-state index contributed by atoms with van der Waals surface area (Å²) in [5, 5.41) is 18.8. The van der Waals surface area contributed by atoms with Crippen LogP contribution in [0.15, 0.2) is 36.4 Å². The summed E-state index contributed by atoms with van der Waals surface area (Å²) in [6.45, 7) is 2.25. The number of aryl methyl sites for hydroxylation is 1. The van der Waals surface area contributed by atoms with Crippen LogP contribution in [0.3, 0.4) is 0 Å². The van der Waals surface area contributed by atoms with Crippen LogP contribution in [-0.4, -0.2) is 42.1 Å². The number of hydrogen-bond acceptors (Lipinski definition) is 4. The number of carboxylic acid groups (broad SMARTS) is 2. The van der Waals surface area contributed by atoms with Crippen molar-refractivity contribution in [3.8, 4) is 0 Å². The van der Waals surface area contributed by atoms with Crippen LogP contribution in [0.5, 0.6) is 0 Å². The molecule has 0 radical (unpaired) electrons. The largest absolute Gasteiger partial charge is 0.481 e. The number of unbranched alkanes of at least 4 members (excludes halogenated alkanes) is 6. The molecule has 0 saturated heterocycles. The average molecular weight is 581 g/mol. The molecule has 5 rings (SSSR count). The first kappa shape index (κ1) is 30.0. The number of aromatic amines is 2. The molecule has 5 heterocycles. The van der Waals surface area contributed by atoms with Gasteiger partial charge in [0.05, 0.1) is 35.1 Å². The number of carboxylic acids is 2. The molecule has 2 aliphatic rings. The zero-order chi connectivity index (χ0) is 30.2. The molecule has 3 aromatic rings. The summed E-state index contributed by atoms with van der Waals surface area (Å²) < 4.78 is 0. The van der Waals surface area contributed by atoms with Gasteiger partial charge in [0.1, 0.15) is 0 Å². The summed E-state index contributed by atoms with van der Waals surface area (Å²) >= 11 is 0. The van der Waals surface area contributed by atoms with Crippen molar-refractivity contribution in [2.45, 2.75) is 77.6 Å². The van der Waals surface area contributed by atoms with E-state index >= 15 is 0 Å². The molecule has 0 fully saturated rings. The first-order valence-electron chi connectivity index (χ1n) is 15.4. The molecule has 0 aromatic carbocycles. The summed E-state index contributed by atoms with van der Waals surface area (Å²) in [6, 6.07) is 11.9. The Morgan fingerprint density at radius 2 is 1.28 bits per heavy atom. The number of nitrogens with zero attached hydrogens (tertiary/aromatic N) is 2. The Labute approximate surface area is 251 Å². The molecule has 0 saturated carbocycles. The maximum Gasteiger partial charge on any atom is 0.307 e. The van der Waals surface area contributed by atoms with E-state index in [1.54, 1.807) is 0 Å². The minimum absolute atomic E-state index is 0.200. The fraction of sp³-hybridized carbons (Fsp3) is 0.371. The van der Waals surface area contributed by atoms with Crippen LogP contribution in [0.25, 0.3) is 46.4 Å². The van der Waals surface area contributed by atoms with Gasteiger partial charge >= 0.3 is 11.9 Å². The molecular formula is C35H40N4O4. The van der Waals surface area contributed by atoms with Crippen molar-refractivity contribution in [1.29, 1.82) is 0 Å². The van der Waals surface area contributed by atoms with Crippen molar-refractivity contribution in [2.24, 2.45) is 5.92 Å². The third-order valence-electron chi connectivity index (χ3n) is 8.16. The van der Waals surface area contributed by atoms with Crippen molar-refractivity contribution in [1.82, 2.24) is 19.9 Å². The van der Waals surface area contributed by atoms with Gasteiger partial charge in [-0.05, 0) is 91.9 Å². The van der Waals surface area contributed by atoms with Crippen molar-refractivity contribution in [3.05, 3.63) is 70.3 Å². The standard InChI is InChI=1S/C35H40N4O4/c1-2-3-4-5-6-7-8-9-28-30-16-11-24(36-30)21-26-13-18-32(38-26)29(15-10-23(35(42)43)20-34(40)41)33-19-14-27(39-33)22-25-12-17-31(28)37-25/h11-14,16-19,21-23,38-39H,2-10,15,20H2,1H3,(H,40,41)(H,42,43). The SMILES string of the molecule is CCCCCCCCCc1c2nc(cc3ccc([nH]3)c(CCC(CC(=O)O)C(=O)O)c3ccc(cc4nc1C=C4)[nH]3)C=C2. The van der Waals surface area contributed by atoms with Crippen LogP contribution in [-0.2, 0) is 22.4 Å². The first-order valence-corrected chi connectivity index (χ1v) is 15.4. The predicted molar refractivity (Wildman–Crippen MR) is 172 cm³/mol. The van der Waals surface area contributed by atoms with E-state index in [1.807, 2.05) is 48.6 Å². The Hall–Kier alpha value is -4.46. The second-order valence-corrected chi connectivity index (χ2v) is 11.5. The minimum Gasteiger partial charge on any atom is -0.481 e. The van der Waals surface area contributed by atoms with Gasteiger partial charge in [0.25, 0.3) is 0 Å². The van der Waals surface area contributed by atoms with Crippen LogP contribution < -0.4 is 0 Å². The zero-order valence-corrected chi connectivity index (χ0v) is 24.7. The van der Waals surface area contributed by atoms with Gasteiger partial charge in [0.2, 0.25) is 0 Å². The van der Waals surface area contributed by atoms with E-state index in [9.17, 15) is 19.8 Å². The minimum atomic E-state index is -1.12. The van der Waals surface area contributed by atoms with Gasteiger partial charge in [-0.1, -0.05) is 45.4 Å². The van der Waals surface area contributed by atoms with Gasteiger partial charge in [-0.25, -0.2) is 9.97 Å². The molecule has 4 N–H and O–H groups in total. The summed E-state index contributed by atoms with van der Waals surface area (Å²) in [7, 11) is 0. The van der Waals surface area contributed by atoms with E-state index < -0.39 is 24.3 Å². The van der Waals surface area contributed by atoms with Crippen LogP contribution in [0.4, 0.5) is 0 Å². The Bertz CT molecular complexity index is 1600. The number of aliphatic carboxylic acids is 2. The fourth-order valence-electron chi connectivity index (χ4n) is 5.82. The maximum absolute atomic E-state index is 11.7. The van der Waals surface area contributed by atoms with E-state index in [-0.39, 0.29) is 6.42 Å². The molecule has 0 amide bonds. The topological polar surface area (TPSA) is 132 Å². The number of aromatic nitrogens is 4. The van der Waals surface area contributed by atoms with E-state index in [1.165, 1.54) is 44.1 Å². The Balaban J connectivity index is 1.54. The third kappa shape index (κ3) is 7.89. The highest BCUT2D eigenvalue weighted by Crippen LogP contribution is 2.26.